The van der Waals surface area contributed by atoms with Gasteiger partial charge in [-0.2, -0.15) is 0 Å². The maximum Gasteiger partial charge on any atom is 0.159 e. The Morgan fingerprint density at radius 2 is 2.00 bits per heavy atom. The van der Waals surface area contributed by atoms with Gasteiger partial charge in [0.1, 0.15) is 0 Å². The maximum absolute atomic E-state index is 12.9. The first kappa shape index (κ1) is 10.6. The Hall–Kier alpha value is -0.960. The number of hydrogen-bond acceptors (Lipinski definition) is 1. The van der Waals surface area contributed by atoms with Gasteiger partial charge in [-0.1, -0.05) is 18.9 Å². The first-order chi connectivity index (χ1) is 7.15. The Morgan fingerprint density at radius 1 is 1.27 bits per heavy atom. The van der Waals surface area contributed by atoms with Crippen LogP contribution in [0, 0.1) is 17.6 Å². The molecule has 1 nitrogen and oxygen atoms in total. The van der Waals surface area contributed by atoms with E-state index in [0.29, 0.717) is 6.42 Å². The van der Waals surface area contributed by atoms with E-state index in [1.54, 1.807) is 6.07 Å². The molecule has 1 aromatic carbocycles. The van der Waals surface area contributed by atoms with Crippen molar-refractivity contribution in [2.75, 3.05) is 0 Å². The fourth-order valence-corrected chi connectivity index (χ4v) is 1.83. The largest absolute Gasteiger partial charge is 0.327 e. The van der Waals surface area contributed by atoms with Crippen LogP contribution in [-0.4, -0.2) is 6.04 Å². The van der Waals surface area contributed by atoms with Gasteiger partial charge in [0.25, 0.3) is 0 Å². The Balaban J connectivity index is 1.93. The van der Waals surface area contributed by atoms with Crippen molar-refractivity contribution in [1.82, 2.24) is 0 Å². The van der Waals surface area contributed by atoms with Crippen LogP contribution in [0.4, 0.5) is 8.78 Å². The van der Waals surface area contributed by atoms with Crippen LogP contribution in [-0.2, 0) is 6.42 Å². The molecule has 0 bridgehead atoms. The second-order valence-corrected chi connectivity index (χ2v) is 4.39. The summed E-state index contributed by atoms with van der Waals surface area (Å²) >= 11 is 0. The lowest BCUT2D eigenvalue weighted by Crippen LogP contribution is -2.23. The van der Waals surface area contributed by atoms with Crippen molar-refractivity contribution in [2.45, 2.75) is 31.7 Å². The van der Waals surface area contributed by atoms with Crippen molar-refractivity contribution in [3.63, 3.8) is 0 Å². The molecule has 15 heavy (non-hydrogen) atoms. The molecule has 1 unspecified atom stereocenters. The highest BCUT2D eigenvalue weighted by atomic mass is 19.2. The summed E-state index contributed by atoms with van der Waals surface area (Å²) in [7, 11) is 0. The van der Waals surface area contributed by atoms with Crippen LogP contribution in [0.15, 0.2) is 18.2 Å². The molecule has 0 spiro atoms. The van der Waals surface area contributed by atoms with Gasteiger partial charge in [0.2, 0.25) is 0 Å². The molecule has 2 N–H and O–H groups in total. The van der Waals surface area contributed by atoms with E-state index in [0.717, 1.165) is 24.0 Å². The van der Waals surface area contributed by atoms with Crippen molar-refractivity contribution < 1.29 is 8.78 Å². The molecule has 0 aliphatic heterocycles. The Morgan fingerprint density at radius 3 is 2.60 bits per heavy atom. The molecule has 1 aromatic rings. The third-order valence-corrected chi connectivity index (χ3v) is 2.81. The highest BCUT2D eigenvalue weighted by Crippen LogP contribution is 2.33. The zero-order chi connectivity index (χ0) is 10.8. The standard InChI is InChI=1S/C12H15F2N/c13-11-4-3-9(7-12(11)14)6-10(15)5-8-1-2-8/h3-4,7-8,10H,1-2,5-6,15H2. The summed E-state index contributed by atoms with van der Waals surface area (Å²) in [5, 5.41) is 0. The van der Waals surface area contributed by atoms with Crippen LogP contribution in [0.2, 0.25) is 0 Å². The van der Waals surface area contributed by atoms with Crippen LogP contribution in [0.3, 0.4) is 0 Å². The molecule has 1 atom stereocenters. The van der Waals surface area contributed by atoms with E-state index in [9.17, 15) is 8.78 Å². The quantitative estimate of drug-likeness (QED) is 0.814. The summed E-state index contributed by atoms with van der Waals surface area (Å²) < 4.78 is 25.5. The molecule has 0 aromatic heterocycles. The summed E-state index contributed by atoms with van der Waals surface area (Å²) in [6.45, 7) is 0. The summed E-state index contributed by atoms with van der Waals surface area (Å²) in [5.74, 6) is -0.814. The maximum atomic E-state index is 12.9. The SMILES string of the molecule is NC(Cc1ccc(F)c(F)c1)CC1CC1. The van der Waals surface area contributed by atoms with Gasteiger partial charge in [0.05, 0.1) is 0 Å². The minimum atomic E-state index is -0.797. The Kier molecular flexibility index (Phi) is 3.00. The predicted octanol–water partition coefficient (Wildman–Crippen LogP) is 2.63. The highest BCUT2D eigenvalue weighted by Gasteiger charge is 2.23. The summed E-state index contributed by atoms with van der Waals surface area (Å²) in [4.78, 5) is 0. The van der Waals surface area contributed by atoms with E-state index in [1.165, 1.54) is 18.9 Å². The average molecular weight is 211 g/mol. The number of rotatable bonds is 4. The van der Waals surface area contributed by atoms with Gasteiger partial charge < -0.3 is 5.73 Å². The molecule has 1 aliphatic carbocycles. The second kappa shape index (κ2) is 4.27. The number of halogens is 2. The zero-order valence-electron chi connectivity index (χ0n) is 8.55. The Bertz CT molecular complexity index is 347. The molecule has 1 aliphatic rings. The molecule has 1 saturated carbocycles. The first-order valence-electron chi connectivity index (χ1n) is 5.34. The average Bonchev–Trinajstić information content (AvgIpc) is 2.95. The van der Waals surface area contributed by atoms with Crippen LogP contribution < -0.4 is 5.73 Å². The third-order valence-electron chi connectivity index (χ3n) is 2.81. The van der Waals surface area contributed by atoms with E-state index in [2.05, 4.69) is 0 Å². The van der Waals surface area contributed by atoms with E-state index in [-0.39, 0.29) is 6.04 Å². The lowest BCUT2D eigenvalue weighted by Gasteiger charge is -2.10. The van der Waals surface area contributed by atoms with Crippen molar-refractivity contribution in [2.24, 2.45) is 11.7 Å². The minimum Gasteiger partial charge on any atom is -0.327 e. The predicted molar refractivity (Wildman–Crippen MR) is 55.4 cm³/mol. The van der Waals surface area contributed by atoms with Crippen molar-refractivity contribution in [3.05, 3.63) is 35.4 Å². The Labute approximate surface area is 88.3 Å². The van der Waals surface area contributed by atoms with Gasteiger partial charge in [-0.05, 0) is 36.5 Å². The second-order valence-electron chi connectivity index (χ2n) is 4.39. The molecule has 3 heteroatoms. The van der Waals surface area contributed by atoms with E-state index in [1.807, 2.05) is 0 Å². The van der Waals surface area contributed by atoms with Gasteiger partial charge in [0.15, 0.2) is 11.6 Å². The zero-order valence-corrected chi connectivity index (χ0v) is 8.55. The molecule has 2 rings (SSSR count). The molecule has 82 valence electrons. The molecule has 0 heterocycles. The fourth-order valence-electron chi connectivity index (χ4n) is 1.83. The number of benzene rings is 1. The van der Waals surface area contributed by atoms with Crippen LogP contribution in [0.25, 0.3) is 0 Å². The third kappa shape index (κ3) is 2.99. The van der Waals surface area contributed by atoms with E-state index in [4.69, 9.17) is 5.73 Å². The molecular formula is C12H15F2N. The summed E-state index contributed by atoms with van der Waals surface area (Å²) in [5.41, 5.74) is 6.70. The van der Waals surface area contributed by atoms with Crippen LogP contribution >= 0.6 is 0 Å². The molecule has 0 amide bonds. The smallest absolute Gasteiger partial charge is 0.159 e. The lowest BCUT2D eigenvalue weighted by atomic mass is 10.0. The molecule has 0 radical (unpaired) electrons. The summed E-state index contributed by atoms with van der Waals surface area (Å²) in [6, 6.07) is 4.07. The van der Waals surface area contributed by atoms with Crippen molar-refractivity contribution >= 4 is 0 Å². The van der Waals surface area contributed by atoms with Crippen LogP contribution in [0.1, 0.15) is 24.8 Å². The van der Waals surface area contributed by atoms with Crippen molar-refractivity contribution in [1.29, 1.82) is 0 Å². The molecule has 1 fully saturated rings. The summed E-state index contributed by atoms with van der Waals surface area (Å²) in [6.07, 6.45) is 4.17. The number of nitrogens with two attached hydrogens (primary N) is 1. The van der Waals surface area contributed by atoms with E-state index >= 15 is 0 Å². The monoisotopic (exact) mass is 211 g/mol. The highest BCUT2D eigenvalue weighted by molar-refractivity contribution is 5.18. The first-order valence-corrected chi connectivity index (χ1v) is 5.34. The van der Waals surface area contributed by atoms with Gasteiger partial charge in [-0.25, -0.2) is 8.78 Å². The molecule has 0 saturated heterocycles. The van der Waals surface area contributed by atoms with Crippen LogP contribution in [0.5, 0.6) is 0 Å². The van der Waals surface area contributed by atoms with E-state index < -0.39 is 11.6 Å². The fraction of sp³-hybridized carbons (Fsp3) is 0.500. The van der Waals surface area contributed by atoms with Gasteiger partial charge in [0, 0.05) is 6.04 Å². The topological polar surface area (TPSA) is 26.0 Å². The van der Waals surface area contributed by atoms with Gasteiger partial charge in [-0.3, -0.25) is 0 Å². The van der Waals surface area contributed by atoms with Crippen molar-refractivity contribution in [3.8, 4) is 0 Å². The molecular weight excluding hydrogens is 196 g/mol. The normalized spacial score (nSPS) is 17.8. The lowest BCUT2D eigenvalue weighted by molar-refractivity contribution is 0.504. The van der Waals surface area contributed by atoms with Gasteiger partial charge >= 0.3 is 0 Å². The van der Waals surface area contributed by atoms with Gasteiger partial charge in [-0.15, -0.1) is 0 Å². The minimum absolute atomic E-state index is 0.0716. The number of hydrogen-bond donors (Lipinski definition) is 1.